The van der Waals surface area contributed by atoms with Crippen LogP contribution in [0, 0.1) is 13.8 Å². The molecule has 0 unspecified atom stereocenters. The molecule has 0 radical (unpaired) electrons. The van der Waals surface area contributed by atoms with E-state index >= 15 is 0 Å². The number of ether oxygens (including phenoxy) is 1. The number of aromatic nitrogens is 1. The van der Waals surface area contributed by atoms with Gasteiger partial charge in [0.1, 0.15) is 5.75 Å². The van der Waals surface area contributed by atoms with E-state index in [1.54, 1.807) is 18.2 Å². The van der Waals surface area contributed by atoms with Crippen LogP contribution in [0.5, 0.6) is 11.6 Å². The number of fused-ring (bicyclic) bond motifs is 1. The molecule has 35 heavy (non-hydrogen) atoms. The minimum absolute atomic E-state index is 0.0823. The van der Waals surface area contributed by atoms with Gasteiger partial charge in [-0.3, -0.25) is 9.52 Å². The molecule has 1 heterocycles. The number of nitrogens with one attached hydrogen (secondary N) is 2. The van der Waals surface area contributed by atoms with E-state index in [2.05, 4.69) is 19.9 Å². The molecule has 3 N–H and O–H groups in total. The van der Waals surface area contributed by atoms with Crippen molar-refractivity contribution in [2.45, 2.75) is 25.7 Å². The van der Waals surface area contributed by atoms with Crippen LogP contribution in [0.2, 0.25) is 0 Å². The third-order valence-corrected chi connectivity index (χ3v) is 6.93. The van der Waals surface area contributed by atoms with Crippen molar-refractivity contribution in [2.75, 3.05) is 11.3 Å². The van der Waals surface area contributed by atoms with Gasteiger partial charge in [0.25, 0.3) is 15.9 Å². The van der Waals surface area contributed by atoms with E-state index in [1.807, 2.05) is 26.8 Å². The topological polar surface area (TPSA) is 133 Å². The molecule has 4 rings (SSSR count). The Morgan fingerprint density at radius 2 is 1.71 bits per heavy atom. The van der Waals surface area contributed by atoms with Gasteiger partial charge < -0.3 is 14.8 Å². The second-order valence-electron chi connectivity index (χ2n) is 7.84. The SMILES string of the molecule is CCOc1ccc(S(=O)(=O)Nc2ccc(C(=O)N=Nc3c(O)[nH]c4c(C)c(C)ccc34)cc2)cc1. The number of aryl methyl sites for hydroxylation is 2. The van der Waals surface area contributed by atoms with Gasteiger partial charge in [0, 0.05) is 16.6 Å². The number of azo groups is 1. The van der Waals surface area contributed by atoms with E-state index < -0.39 is 15.9 Å². The number of anilines is 1. The molecule has 10 heteroatoms. The van der Waals surface area contributed by atoms with Gasteiger partial charge in [0.15, 0.2) is 5.69 Å². The van der Waals surface area contributed by atoms with Gasteiger partial charge in [0.2, 0.25) is 5.88 Å². The summed E-state index contributed by atoms with van der Waals surface area (Å²) in [6.07, 6.45) is 0. The van der Waals surface area contributed by atoms with Gasteiger partial charge in [-0.25, -0.2) is 8.42 Å². The summed E-state index contributed by atoms with van der Waals surface area (Å²) in [6.45, 7) is 6.21. The molecule has 0 aliphatic heterocycles. The summed E-state index contributed by atoms with van der Waals surface area (Å²) in [4.78, 5) is 15.5. The van der Waals surface area contributed by atoms with Crippen LogP contribution in [-0.4, -0.2) is 31.0 Å². The summed E-state index contributed by atoms with van der Waals surface area (Å²) >= 11 is 0. The minimum Gasteiger partial charge on any atom is -0.494 e. The molecular formula is C25H24N4O5S. The quantitative estimate of drug-likeness (QED) is 0.288. The average Bonchev–Trinajstić information content (AvgIpc) is 3.16. The number of aromatic amines is 1. The summed E-state index contributed by atoms with van der Waals surface area (Å²) < 4.78 is 33.1. The van der Waals surface area contributed by atoms with Crippen molar-refractivity contribution in [1.82, 2.24) is 4.98 Å². The Balaban J connectivity index is 1.48. The van der Waals surface area contributed by atoms with Crippen LogP contribution in [0.1, 0.15) is 28.4 Å². The lowest BCUT2D eigenvalue weighted by atomic mass is 10.1. The Hall–Kier alpha value is -4.18. The number of sulfonamides is 1. The number of nitrogens with zero attached hydrogens (tertiary/aromatic N) is 2. The van der Waals surface area contributed by atoms with Gasteiger partial charge in [0.05, 0.1) is 17.0 Å². The molecule has 0 bridgehead atoms. The molecule has 0 saturated carbocycles. The molecule has 1 amide bonds. The fourth-order valence-electron chi connectivity index (χ4n) is 3.51. The Kier molecular flexibility index (Phi) is 6.57. The van der Waals surface area contributed by atoms with Gasteiger partial charge in [-0.05, 0) is 80.4 Å². The van der Waals surface area contributed by atoms with Crippen molar-refractivity contribution in [1.29, 1.82) is 0 Å². The molecule has 0 saturated heterocycles. The number of carbonyl (C=O) groups is 1. The number of carbonyl (C=O) groups excluding carboxylic acids is 1. The van der Waals surface area contributed by atoms with Crippen LogP contribution in [-0.2, 0) is 10.0 Å². The second kappa shape index (κ2) is 9.59. The Morgan fingerprint density at radius 3 is 2.37 bits per heavy atom. The highest BCUT2D eigenvalue weighted by Gasteiger charge is 2.16. The Bertz CT molecular complexity index is 1520. The molecule has 0 aliphatic rings. The minimum atomic E-state index is -3.81. The number of H-pyrrole nitrogens is 1. The number of hydrogen-bond acceptors (Lipinski definition) is 6. The largest absolute Gasteiger partial charge is 0.494 e. The molecule has 4 aromatic rings. The highest BCUT2D eigenvalue weighted by molar-refractivity contribution is 7.92. The molecule has 0 atom stereocenters. The maximum absolute atomic E-state index is 12.6. The normalized spacial score (nSPS) is 11.7. The maximum atomic E-state index is 12.6. The zero-order valence-electron chi connectivity index (χ0n) is 19.4. The van der Waals surface area contributed by atoms with Gasteiger partial charge in [-0.2, -0.15) is 0 Å². The van der Waals surface area contributed by atoms with E-state index in [1.165, 1.54) is 36.4 Å². The lowest BCUT2D eigenvalue weighted by molar-refractivity contribution is 0.0995. The predicted octanol–water partition coefficient (Wildman–Crippen LogP) is 5.61. The molecule has 180 valence electrons. The lowest BCUT2D eigenvalue weighted by Gasteiger charge is -2.09. The highest BCUT2D eigenvalue weighted by Crippen LogP contribution is 2.37. The first-order chi connectivity index (χ1) is 16.7. The molecular weight excluding hydrogens is 468 g/mol. The van der Waals surface area contributed by atoms with Crippen LogP contribution in [0.3, 0.4) is 0 Å². The summed E-state index contributed by atoms with van der Waals surface area (Å²) in [5.74, 6) is -0.234. The molecule has 0 aliphatic carbocycles. The van der Waals surface area contributed by atoms with Gasteiger partial charge in [-0.15, -0.1) is 10.2 Å². The summed E-state index contributed by atoms with van der Waals surface area (Å²) in [5, 5.41) is 18.6. The van der Waals surface area contributed by atoms with Crippen LogP contribution >= 0.6 is 0 Å². The average molecular weight is 493 g/mol. The van der Waals surface area contributed by atoms with Crippen LogP contribution in [0.4, 0.5) is 11.4 Å². The van der Waals surface area contributed by atoms with Crippen molar-refractivity contribution in [3.63, 3.8) is 0 Å². The second-order valence-corrected chi connectivity index (χ2v) is 9.53. The first kappa shape index (κ1) is 24.0. The third kappa shape index (κ3) is 5.02. The molecule has 0 fully saturated rings. The fourth-order valence-corrected chi connectivity index (χ4v) is 4.57. The van der Waals surface area contributed by atoms with Gasteiger partial charge in [-0.1, -0.05) is 12.1 Å². The molecule has 0 spiro atoms. The summed E-state index contributed by atoms with van der Waals surface area (Å²) in [7, 11) is -3.81. The zero-order chi connectivity index (χ0) is 25.2. The van der Waals surface area contributed by atoms with E-state index in [4.69, 9.17) is 4.74 Å². The Labute approximate surface area is 202 Å². The summed E-state index contributed by atoms with van der Waals surface area (Å²) in [5.41, 5.74) is 3.42. The summed E-state index contributed by atoms with van der Waals surface area (Å²) in [6, 6.07) is 15.6. The number of amides is 1. The van der Waals surface area contributed by atoms with Crippen molar-refractivity contribution in [2.24, 2.45) is 10.2 Å². The molecule has 3 aromatic carbocycles. The molecule has 1 aromatic heterocycles. The Morgan fingerprint density at radius 1 is 1.03 bits per heavy atom. The van der Waals surface area contributed by atoms with Crippen molar-refractivity contribution in [3.8, 4) is 11.6 Å². The highest BCUT2D eigenvalue weighted by atomic mass is 32.2. The maximum Gasteiger partial charge on any atom is 0.295 e. The smallest absolute Gasteiger partial charge is 0.295 e. The number of rotatable bonds is 7. The van der Waals surface area contributed by atoms with Gasteiger partial charge >= 0.3 is 0 Å². The fraction of sp³-hybridized carbons (Fsp3) is 0.160. The number of benzene rings is 3. The van der Waals surface area contributed by atoms with E-state index in [0.717, 1.165) is 16.6 Å². The number of hydrogen-bond donors (Lipinski definition) is 3. The third-order valence-electron chi connectivity index (χ3n) is 5.53. The van der Waals surface area contributed by atoms with E-state index in [9.17, 15) is 18.3 Å². The van der Waals surface area contributed by atoms with E-state index in [-0.39, 0.29) is 27.7 Å². The zero-order valence-corrected chi connectivity index (χ0v) is 20.2. The number of aromatic hydroxyl groups is 1. The van der Waals surface area contributed by atoms with Crippen molar-refractivity contribution in [3.05, 3.63) is 77.4 Å². The van der Waals surface area contributed by atoms with E-state index in [0.29, 0.717) is 17.7 Å². The first-order valence-electron chi connectivity index (χ1n) is 10.8. The monoisotopic (exact) mass is 492 g/mol. The lowest BCUT2D eigenvalue weighted by Crippen LogP contribution is -2.13. The standard InChI is InChI=1S/C25H24N4O5S/c1-4-34-19-10-12-20(13-11-19)35(32,33)29-18-8-6-17(7-9-18)24(30)28-27-23-21-14-5-15(2)16(3)22(21)26-25(23)31/h5-14,26,29,31H,4H2,1-3H3. The van der Waals surface area contributed by atoms with Crippen LogP contribution in [0.15, 0.2) is 75.8 Å². The predicted molar refractivity (Wildman–Crippen MR) is 133 cm³/mol. The van der Waals surface area contributed by atoms with Crippen molar-refractivity contribution >= 4 is 38.2 Å². The molecule has 9 nitrogen and oxygen atoms in total. The van der Waals surface area contributed by atoms with Crippen molar-refractivity contribution < 1.29 is 23.1 Å². The first-order valence-corrected chi connectivity index (χ1v) is 12.3. The van der Waals surface area contributed by atoms with Crippen LogP contribution in [0.25, 0.3) is 10.9 Å². The van der Waals surface area contributed by atoms with Crippen LogP contribution < -0.4 is 9.46 Å².